The fourth-order valence-electron chi connectivity index (χ4n) is 3.40. The molecule has 2 aliphatic heterocycles. The van der Waals surface area contributed by atoms with Gasteiger partial charge in [-0.15, -0.1) is 11.3 Å². The standard InChI is InChI=1S/C21H20ClN5O3S/c22-14-3-5-16(6-4-14)26-8-10-27(11-9-26)18(28)12-15-13-31-21(24-15)25-20(30)17-2-1-7-23-19(17)29/h1-7,13,17H,8-12H2,(H,24,25,30). The number of hydrogen-bond acceptors (Lipinski definition) is 6. The van der Waals surface area contributed by atoms with E-state index in [-0.39, 0.29) is 12.3 Å². The predicted molar refractivity (Wildman–Crippen MR) is 121 cm³/mol. The van der Waals surface area contributed by atoms with Gasteiger partial charge in [-0.25, -0.2) is 9.98 Å². The van der Waals surface area contributed by atoms with Crippen LogP contribution in [0.25, 0.3) is 0 Å². The summed E-state index contributed by atoms with van der Waals surface area (Å²) >= 11 is 7.17. The second kappa shape index (κ2) is 9.40. The van der Waals surface area contributed by atoms with Crippen LogP contribution < -0.4 is 10.2 Å². The number of piperazine rings is 1. The van der Waals surface area contributed by atoms with Crippen LogP contribution >= 0.6 is 22.9 Å². The Balaban J connectivity index is 1.28. The highest BCUT2D eigenvalue weighted by Crippen LogP contribution is 2.21. The normalized spacial score (nSPS) is 18.4. The number of hydrogen-bond donors (Lipinski definition) is 1. The van der Waals surface area contributed by atoms with Crippen LogP contribution in [0, 0.1) is 5.92 Å². The van der Waals surface area contributed by atoms with E-state index < -0.39 is 17.7 Å². The van der Waals surface area contributed by atoms with Gasteiger partial charge in [0.15, 0.2) is 5.13 Å². The van der Waals surface area contributed by atoms with Crippen molar-refractivity contribution in [1.29, 1.82) is 0 Å². The monoisotopic (exact) mass is 457 g/mol. The van der Waals surface area contributed by atoms with Crippen molar-refractivity contribution in [2.75, 3.05) is 36.4 Å². The maximum absolute atomic E-state index is 12.7. The van der Waals surface area contributed by atoms with Crippen molar-refractivity contribution >= 4 is 57.7 Å². The Morgan fingerprint density at radius 3 is 2.61 bits per heavy atom. The summed E-state index contributed by atoms with van der Waals surface area (Å²) in [4.78, 5) is 48.6. The Bertz CT molecular complexity index is 1040. The number of dihydropyridines is 1. The lowest BCUT2D eigenvalue weighted by atomic mass is 10.1. The molecule has 1 N–H and O–H groups in total. The highest BCUT2D eigenvalue weighted by molar-refractivity contribution is 7.14. The smallest absolute Gasteiger partial charge is 0.262 e. The summed E-state index contributed by atoms with van der Waals surface area (Å²) in [6.07, 6.45) is 4.57. The predicted octanol–water partition coefficient (Wildman–Crippen LogP) is 2.41. The van der Waals surface area contributed by atoms with Gasteiger partial charge in [0, 0.05) is 48.5 Å². The molecule has 0 spiro atoms. The molecule has 1 atom stereocenters. The molecule has 3 amide bonds. The molecule has 0 bridgehead atoms. The lowest BCUT2D eigenvalue weighted by Gasteiger charge is -2.36. The molecule has 31 heavy (non-hydrogen) atoms. The van der Waals surface area contributed by atoms with E-state index in [2.05, 4.69) is 20.2 Å². The van der Waals surface area contributed by atoms with Gasteiger partial charge in [-0.2, -0.15) is 0 Å². The van der Waals surface area contributed by atoms with Crippen molar-refractivity contribution in [3.8, 4) is 0 Å². The van der Waals surface area contributed by atoms with Gasteiger partial charge in [0.2, 0.25) is 11.8 Å². The van der Waals surface area contributed by atoms with Gasteiger partial charge >= 0.3 is 0 Å². The Labute approximate surface area is 188 Å². The van der Waals surface area contributed by atoms with Crippen molar-refractivity contribution in [1.82, 2.24) is 9.88 Å². The number of nitrogens with zero attached hydrogens (tertiary/aromatic N) is 4. The number of aliphatic imine (C=N–C) groups is 1. The molecule has 1 aromatic heterocycles. The first kappa shape index (κ1) is 21.2. The fraction of sp³-hybridized carbons (Fsp3) is 0.286. The fourth-order valence-corrected chi connectivity index (χ4v) is 4.24. The highest BCUT2D eigenvalue weighted by atomic mass is 35.5. The number of carbonyl (C=O) groups is 3. The maximum Gasteiger partial charge on any atom is 0.262 e. The van der Waals surface area contributed by atoms with Crippen molar-refractivity contribution < 1.29 is 14.4 Å². The molecular weight excluding hydrogens is 438 g/mol. The minimum Gasteiger partial charge on any atom is -0.368 e. The van der Waals surface area contributed by atoms with Crippen LogP contribution in [0.5, 0.6) is 0 Å². The summed E-state index contributed by atoms with van der Waals surface area (Å²) in [5.74, 6) is -1.94. The summed E-state index contributed by atoms with van der Waals surface area (Å²) in [6, 6.07) is 7.68. The van der Waals surface area contributed by atoms with Crippen molar-refractivity contribution in [2.24, 2.45) is 10.9 Å². The molecule has 1 unspecified atom stereocenters. The molecule has 0 radical (unpaired) electrons. The van der Waals surface area contributed by atoms with E-state index >= 15 is 0 Å². The minimum atomic E-state index is -0.948. The quantitative estimate of drug-likeness (QED) is 0.696. The summed E-state index contributed by atoms with van der Waals surface area (Å²) in [6.45, 7) is 2.76. The molecule has 10 heteroatoms. The molecule has 3 heterocycles. The summed E-state index contributed by atoms with van der Waals surface area (Å²) in [5.41, 5.74) is 1.68. The van der Waals surface area contributed by atoms with E-state index in [1.54, 1.807) is 11.5 Å². The van der Waals surface area contributed by atoms with Gasteiger partial charge < -0.3 is 15.1 Å². The van der Waals surface area contributed by atoms with Crippen LogP contribution in [-0.2, 0) is 20.8 Å². The van der Waals surface area contributed by atoms with Gasteiger partial charge in [-0.05, 0) is 30.3 Å². The van der Waals surface area contributed by atoms with Crippen molar-refractivity contribution in [3.05, 3.63) is 52.5 Å². The van der Waals surface area contributed by atoms with E-state index in [9.17, 15) is 14.4 Å². The first-order valence-corrected chi connectivity index (χ1v) is 11.0. The third-order valence-corrected chi connectivity index (χ3v) is 6.14. The summed E-state index contributed by atoms with van der Waals surface area (Å²) in [7, 11) is 0. The molecule has 1 aromatic carbocycles. The van der Waals surface area contributed by atoms with Crippen LogP contribution in [0.15, 0.2) is 46.8 Å². The number of amides is 3. The van der Waals surface area contributed by atoms with E-state index in [0.717, 1.165) is 18.8 Å². The number of anilines is 2. The van der Waals surface area contributed by atoms with Gasteiger partial charge in [0.1, 0.15) is 5.92 Å². The molecular formula is C21H20ClN5O3S. The minimum absolute atomic E-state index is 0.00124. The lowest BCUT2D eigenvalue weighted by molar-refractivity contribution is -0.131. The highest BCUT2D eigenvalue weighted by Gasteiger charge is 2.26. The number of thiazole rings is 1. The number of aromatic nitrogens is 1. The average Bonchev–Trinajstić information content (AvgIpc) is 3.21. The van der Waals surface area contributed by atoms with Crippen LogP contribution in [0.2, 0.25) is 5.02 Å². The Hall–Kier alpha value is -3.04. The maximum atomic E-state index is 12.7. The van der Waals surface area contributed by atoms with E-state index in [0.29, 0.717) is 28.9 Å². The Morgan fingerprint density at radius 1 is 1.16 bits per heavy atom. The Kier molecular flexibility index (Phi) is 6.43. The van der Waals surface area contributed by atoms with Gasteiger partial charge in [-0.1, -0.05) is 17.7 Å². The third-order valence-electron chi connectivity index (χ3n) is 5.08. The molecule has 8 nitrogen and oxygen atoms in total. The number of allylic oxidation sites excluding steroid dienone is 1. The number of carbonyl (C=O) groups excluding carboxylic acids is 3. The summed E-state index contributed by atoms with van der Waals surface area (Å²) < 4.78 is 0. The van der Waals surface area contributed by atoms with Crippen LogP contribution in [0.1, 0.15) is 5.69 Å². The van der Waals surface area contributed by atoms with Crippen LogP contribution in [0.3, 0.4) is 0 Å². The van der Waals surface area contributed by atoms with Crippen molar-refractivity contribution in [3.63, 3.8) is 0 Å². The number of nitrogens with one attached hydrogen (secondary N) is 1. The van der Waals surface area contributed by atoms with Gasteiger partial charge in [0.05, 0.1) is 12.1 Å². The molecule has 4 rings (SSSR count). The second-order valence-corrected chi connectivity index (χ2v) is 8.43. The van der Waals surface area contributed by atoms with E-state index in [1.165, 1.54) is 23.6 Å². The molecule has 2 aliphatic rings. The zero-order chi connectivity index (χ0) is 21.8. The van der Waals surface area contributed by atoms with E-state index in [1.807, 2.05) is 29.2 Å². The number of halogens is 1. The lowest BCUT2D eigenvalue weighted by Crippen LogP contribution is -2.49. The molecule has 2 aromatic rings. The van der Waals surface area contributed by atoms with Crippen LogP contribution in [0.4, 0.5) is 10.8 Å². The zero-order valence-electron chi connectivity index (χ0n) is 16.5. The molecule has 0 saturated carbocycles. The van der Waals surface area contributed by atoms with Crippen LogP contribution in [-0.4, -0.2) is 60.0 Å². The van der Waals surface area contributed by atoms with Gasteiger partial charge in [-0.3, -0.25) is 14.4 Å². The zero-order valence-corrected chi connectivity index (χ0v) is 18.1. The van der Waals surface area contributed by atoms with E-state index in [4.69, 9.17) is 11.6 Å². The first-order chi connectivity index (χ1) is 15.0. The molecule has 1 fully saturated rings. The number of rotatable bonds is 5. The second-order valence-electron chi connectivity index (χ2n) is 7.13. The molecule has 1 saturated heterocycles. The topological polar surface area (TPSA) is 95.0 Å². The van der Waals surface area contributed by atoms with Crippen molar-refractivity contribution in [2.45, 2.75) is 6.42 Å². The SMILES string of the molecule is O=C1N=CC=CC1C(=O)Nc1nc(CC(=O)N2CCN(c3ccc(Cl)cc3)CC2)cs1. The molecule has 0 aliphatic carbocycles. The Morgan fingerprint density at radius 2 is 1.90 bits per heavy atom. The molecule has 160 valence electrons. The third kappa shape index (κ3) is 5.18. The number of benzene rings is 1. The van der Waals surface area contributed by atoms with Gasteiger partial charge in [0.25, 0.3) is 5.91 Å². The largest absolute Gasteiger partial charge is 0.368 e. The first-order valence-electron chi connectivity index (χ1n) is 9.78. The summed E-state index contributed by atoms with van der Waals surface area (Å²) in [5, 5.41) is 5.43. The average molecular weight is 458 g/mol.